The second-order valence-electron chi connectivity index (χ2n) is 5.43. The fourth-order valence-electron chi connectivity index (χ4n) is 2.54. The van der Waals surface area contributed by atoms with Crippen molar-refractivity contribution in [1.29, 1.82) is 0 Å². The predicted molar refractivity (Wildman–Crippen MR) is 99.8 cm³/mol. The van der Waals surface area contributed by atoms with E-state index >= 15 is 0 Å². The highest BCUT2D eigenvalue weighted by atomic mass is 32.1. The van der Waals surface area contributed by atoms with E-state index in [9.17, 15) is 5.11 Å². The minimum atomic E-state index is 0.151. The van der Waals surface area contributed by atoms with Crippen LogP contribution in [-0.4, -0.2) is 29.2 Å². The summed E-state index contributed by atoms with van der Waals surface area (Å²) in [4.78, 5) is 2.16. The lowest BCUT2D eigenvalue weighted by molar-refractivity contribution is 0.302. The summed E-state index contributed by atoms with van der Waals surface area (Å²) in [6.45, 7) is 3.84. The Morgan fingerprint density at radius 1 is 1.04 bits per heavy atom. The van der Waals surface area contributed by atoms with Gasteiger partial charge in [0.15, 0.2) is 5.82 Å². The largest absolute Gasteiger partial charge is 0.395 e. The smallest absolute Gasteiger partial charge is 0.195 e. The number of aromatic nitrogens is 1. The third kappa shape index (κ3) is 3.77. The van der Waals surface area contributed by atoms with Crippen molar-refractivity contribution in [3.05, 3.63) is 48.5 Å². The zero-order valence-corrected chi connectivity index (χ0v) is 14.4. The lowest BCUT2D eigenvalue weighted by Crippen LogP contribution is -2.27. The molecule has 1 heterocycles. The van der Waals surface area contributed by atoms with Crippen molar-refractivity contribution in [2.75, 3.05) is 24.6 Å². The lowest BCUT2D eigenvalue weighted by atomic mass is 10.2. The molecule has 0 amide bonds. The number of azo groups is 1. The summed E-state index contributed by atoms with van der Waals surface area (Å²) < 4.78 is 5.46. The molecular weight excluding hydrogens is 320 g/mol. The van der Waals surface area contributed by atoms with Crippen LogP contribution >= 0.6 is 11.5 Å². The standard InChI is InChI=1S/C18H20N4OS/c1-2-11-22(12-13-23)15-9-7-14(8-10-15)19-20-18-16-5-3-4-6-17(16)24-21-18/h3-10,23H,2,11-13H2,1H3/b20-19-. The molecule has 0 bridgehead atoms. The van der Waals surface area contributed by atoms with Gasteiger partial charge in [-0.15, -0.1) is 10.2 Å². The van der Waals surface area contributed by atoms with E-state index in [0.29, 0.717) is 12.4 Å². The molecule has 3 rings (SSSR count). The highest BCUT2D eigenvalue weighted by molar-refractivity contribution is 7.13. The Labute approximate surface area is 145 Å². The zero-order chi connectivity index (χ0) is 16.8. The van der Waals surface area contributed by atoms with Crippen LogP contribution in [-0.2, 0) is 0 Å². The van der Waals surface area contributed by atoms with Crippen molar-refractivity contribution in [1.82, 2.24) is 4.37 Å². The van der Waals surface area contributed by atoms with Crippen molar-refractivity contribution in [3.8, 4) is 0 Å². The summed E-state index contributed by atoms with van der Waals surface area (Å²) in [6.07, 6.45) is 1.04. The molecule has 3 aromatic rings. The Morgan fingerprint density at radius 2 is 1.83 bits per heavy atom. The lowest BCUT2D eigenvalue weighted by Gasteiger charge is -2.23. The van der Waals surface area contributed by atoms with Crippen molar-refractivity contribution < 1.29 is 5.11 Å². The van der Waals surface area contributed by atoms with Crippen molar-refractivity contribution in [3.63, 3.8) is 0 Å². The highest BCUT2D eigenvalue weighted by Crippen LogP contribution is 2.30. The van der Waals surface area contributed by atoms with Crippen LogP contribution in [0, 0.1) is 0 Å². The van der Waals surface area contributed by atoms with Crippen LogP contribution in [0.5, 0.6) is 0 Å². The average Bonchev–Trinajstić information content (AvgIpc) is 3.03. The summed E-state index contributed by atoms with van der Waals surface area (Å²) in [5, 5.41) is 18.8. The molecule has 1 N–H and O–H groups in total. The van der Waals surface area contributed by atoms with Gasteiger partial charge in [0.2, 0.25) is 0 Å². The van der Waals surface area contributed by atoms with Gasteiger partial charge in [0.05, 0.1) is 17.0 Å². The monoisotopic (exact) mass is 340 g/mol. The number of aliphatic hydroxyl groups excluding tert-OH is 1. The summed E-state index contributed by atoms with van der Waals surface area (Å²) in [7, 11) is 0. The molecule has 1 aromatic heterocycles. The highest BCUT2D eigenvalue weighted by Gasteiger charge is 2.06. The quantitative estimate of drug-likeness (QED) is 0.621. The molecule has 0 fully saturated rings. The molecule has 0 radical (unpaired) electrons. The van der Waals surface area contributed by atoms with Crippen LogP contribution in [0.2, 0.25) is 0 Å². The SMILES string of the molecule is CCCN(CCO)c1ccc(/N=N\c2nsc3ccccc23)cc1. The molecule has 0 saturated heterocycles. The molecule has 0 unspecified atom stereocenters. The summed E-state index contributed by atoms with van der Waals surface area (Å²) >= 11 is 1.43. The first-order valence-electron chi connectivity index (χ1n) is 8.04. The first kappa shape index (κ1) is 16.5. The van der Waals surface area contributed by atoms with Gasteiger partial charge in [-0.2, -0.15) is 4.37 Å². The molecule has 0 aliphatic heterocycles. The molecule has 0 spiro atoms. The third-order valence-electron chi connectivity index (χ3n) is 3.70. The molecule has 124 valence electrons. The molecule has 0 saturated carbocycles. The Balaban J connectivity index is 1.76. The van der Waals surface area contributed by atoms with Gasteiger partial charge in [0, 0.05) is 24.2 Å². The second-order valence-corrected chi connectivity index (χ2v) is 6.23. The minimum absolute atomic E-state index is 0.151. The Kier molecular flexibility index (Phi) is 5.51. The Hall–Kier alpha value is -2.31. The van der Waals surface area contributed by atoms with Crippen LogP contribution < -0.4 is 4.90 Å². The van der Waals surface area contributed by atoms with E-state index in [4.69, 9.17) is 0 Å². The number of anilines is 1. The second kappa shape index (κ2) is 7.99. The molecule has 0 aliphatic carbocycles. The number of hydrogen-bond acceptors (Lipinski definition) is 6. The predicted octanol–water partition coefficient (Wildman–Crippen LogP) is 4.92. The topological polar surface area (TPSA) is 61.1 Å². The van der Waals surface area contributed by atoms with Gasteiger partial charge in [-0.05, 0) is 54.4 Å². The fourth-order valence-corrected chi connectivity index (χ4v) is 3.26. The molecule has 24 heavy (non-hydrogen) atoms. The molecular formula is C18H20N4OS. The maximum absolute atomic E-state index is 9.17. The van der Waals surface area contributed by atoms with Crippen molar-refractivity contribution >= 4 is 38.8 Å². The summed E-state index contributed by atoms with van der Waals surface area (Å²) in [6, 6.07) is 15.9. The maximum Gasteiger partial charge on any atom is 0.195 e. The number of fused-ring (bicyclic) bond motifs is 1. The van der Waals surface area contributed by atoms with Gasteiger partial charge in [-0.3, -0.25) is 0 Å². The normalized spacial score (nSPS) is 11.4. The number of aliphatic hydroxyl groups is 1. The molecule has 0 atom stereocenters. The number of benzene rings is 2. The minimum Gasteiger partial charge on any atom is -0.395 e. The van der Waals surface area contributed by atoms with Crippen LogP contribution in [0.25, 0.3) is 10.1 Å². The number of hydrogen-bond donors (Lipinski definition) is 1. The Morgan fingerprint density at radius 3 is 2.58 bits per heavy atom. The maximum atomic E-state index is 9.17. The van der Waals surface area contributed by atoms with Crippen molar-refractivity contribution in [2.24, 2.45) is 10.2 Å². The van der Waals surface area contributed by atoms with E-state index in [0.717, 1.165) is 34.4 Å². The molecule has 2 aromatic carbocycles. The van der Waals surface area contributed by atoms with Crippen LogP contribution in [0.1, 0.15) is 13.3 Å². The summed E-state index contributed by atoms with van der Waals surface area (Å²) in [5.41, 5.74) is 1.88. The first-order chi connectivity index (χ1) is 11.8. The number of rotatable bonds is 7. The van der Waals surface area contributed by atoms with E-state index in [1.165, 1.54) is 11.5 Å². The first-order valence-corrected chi connectivity index (χ1v) is 8.81. The van der Waals surface area contributed by atoms with Crippen LogP contribution in [0.15, 0.2) is 58.8 Å². The van der Waals surface area contributed by atoms with Gasteiger partial charge in [-0.25, -0.2) is 0 Å². The third-order valence-corrected chi connectivity index (χ3v) is 4.51. The van der Waals surface area contributed by atoms with Crippen molar-refractivity contribution in [2.45, 2.75) is 13.3 Å². The van der Waals surface area contributed by atoms with E-state index in [1.807, 2.05) is 48.5 Å². The van der Waals surface area contributed by atoms with Crippen LogP contribution in [0.3, 0.4) is 0 Å². The van der Waals surface area contributed by atoms with E-state index < -0.39 is 0 Å². The summed E-state index contributed by atoms with van der Waals surface area (Å²) in [5.74, 6) is 0.660. The van der Waals surface area contributed by atoms with E-state index in [1.54, 1.807) is 0 Å². The van der Waals surface area contributed by atoms with Gasteiger partial charge < -0.3 is 10.0 Å². The van der Waals surface area contributed by atoms with Gasteiger partial charge in [0.25, 0.3) is 0 Å². The zero-order valence-electron chi connectivity index (χ0n) is 13.6. The number of nitrogens with zero attached hydrogens (tertiary/aromatic N) is 4. The average molecular weight is 340 g/mol. The van der Waals surface area contributed by atoms with E-state index in [-0.39, 0.29) is 6.61 Å². The van der Waals surface area contributed by atoms with Crippen LogP contribution in [0.4, 0.5) is 17.2 Å². The Bertz CT molecular complexity index is 807. The van der Waals surface area contributed by atoms with Gasteiger partial charge in [0.1, 0.15) is 0 Å². The molecule has 0 aliphatic rings. The molecule has 5 nitrogen and oxygen atoms in total. The molecule has 6 heteroatoms. The van der Waals surface area contributed by atoms with Gasteiger partial charge in [-0.1, -0.05) is 19.1 Å². The van der Waals surface area contributed by atoms with E-state index in [2.05, 4.69) is 26.4 Å². The van der Waals surface area contributed by atoms with Gasteiger partial charge >= 0.3 is 0 Å². The fraction of sp³-hybridized carbons (Fsp3) is 0.278.